The van der Waals surface area contributed by atoms with Crippen LogP contribution < -0.4 is 0 Å². The number of rotatable bonds is 5. The average molecular weight is 282 g/mol. The van der Waals surface area contributed by atoms with Crippen LogP contribution in [0.5, 0.6) is 0 Å². The molecule has 2 heterocycles. The van der Waals surface area contributed by atoms with Gasteiger partial charge in [0.25, 0.3) is 0 Å². The van der Waals surface area contributed by atoms with Gasteiger partial charge in [-0.25, -0.2) is 4.79 Å². The summed E-state index contributed by atoms with van der Waals surface area (Å²) >= 11 is 0. The second-order valence-electron chi connectivity index (χ2n) is 4.80. The first kappa shape index (κ1) is 14.4. The Kier molecular flexibility index (Phi) is 4.33. The Balaban J connectivity index is 2.08. The van der Waals surface area contributed by atoms with Crippen LogP contribution in [0.4, 0.5) is 0 Å². The van der Waals surface area contributed by atoms with E-state index in [0.717, 1.165) is 5.69 Å². The number of nitro groups is 1. The molecule has 0 amide bonds. The topological polar surface area (TPSA) is 90.5 Å². The molecule has 1 aliphatic rings. The molecule has 110 valence electrons. The van der Waals surface area contributed by atoms with Gasteiger partial charge in [-0.15, -0.1) is 0 Å². The highest BCUT2D eigenvalue weighted by Gasteiger charge is 2.26. The van der Waals surface area contributed by atoms with E-state index < -0.39 is 5.97 Å². The van der Waals surface area contributed by atoms with Crippen LogP contribution in [-0.2, 0) is 17.8 Å². The average Bonchev–Trinajstić information content (AvgIpc) is 2.79. The zero-order valence-corrected chi connectivity index (χ0v) is 11.6. The van der Waals surface area contributed by atoms with Crippen LogP contribution in [0.2, 0.25) is 0 Å². The van der Waals surface area contributed by atoms with Gasteiger partial charge >= 0.3 is 5.97 Å². The van der Waals surface area contributed by atoms with Crippen LogP contribution >= 0.6 is 0 Å². The van der Waals surface area contributed by atoms with E-state index in [1.807, 2.05) is 11.8 Å². The molecule has 0 aliphatic carbocycles. The first-order valence-corrected chi connectivity index (χ1v) is 6.61. The first-order valence-electron chi connectivity index (χ1n) is 6.61. The fourth-order valence-corrected chi connectivity index (χ4v) is 2.28. The summed E-state index contributed by atoms with van der Waals surface area (Å²) in [6.07, 6.45) is 0. The van der Waals surface area contributed by atoms with Crippen LogP contribution in [-0.4, -0.2) is 51.3 Å². The summed E-state index contributed by atoms with van der Waals surface area (Å²) in [5.74, 6) is -0.432. The molecule has 1 aromatic rings. The molecule has 0 saturated heterocycles. The largest absolute Gasteiger partial charge is 0.461 e. The fraction of sp³-hybridized carbons (Fsp3) is 0.667. The van der Waals surface area contributed by atoms with E-state index in [2.05, 4.69) is 5.10 Å². The minimum Gasteiger partial charge on any atom is -0.461 e. The van der Waals surface area contributed by atoms with Crippen molar-refractivity contribution in [3.8, 4) is 0 Å². The van der Waals surface area contributed by atoms with Gasteiger partial charge in [0.2, 0.25) is 6.54 Å². The molecule has 0 aromatic carbocycles. The highest BCUT2D eigenvalue weighted by molar-refractivity contribution is 5.87. The fourth-order valence-electron chi connectivity index (χ4n) is 2.28. The predicted molar refractivity (Wildman–Crippen MR) is 69.9 cm³/mol. The molecular formula is C12H18N4O4. The highest BCUT2D eigenvalue weighted by atomic mass is 16.6. The Morgan fingerprint density at radius 3 is 3.05 bits per heavy atom. The molecule has 1 aromatic heterocycles. The number of aromatic nitrogens is 2. The quantitative estimate of drug-likeness (QED) is 0.445. The maximum atomic E-state index is 11.6. The van der Waals surface area contributed by atoms with E-state index in [0.29, 0.717) is 31.9 Å². The summed E-state index contributed by atoms with van der Waals surface area (Å²) in [5.41, 5.74) is 1.18. The second-order valence-corrected chi connectivity index (χ2v) is 4.80. The number of carbonyl (C=O) groups excluding carboxylic acids is 1. The van der Waals surface area contributed by atoms with E-state index >= 15 is 0 Å². The Morgan fingerprint density at radius 1 is 1.65 bits per heavy atom. The molecule has 2 rings (SSSR count). The zero-order valence-electron chi connectivity index (χ0n) is 11.6. The maximum absolute atomic E-state index is 11.6. The van der Waals surface area contributed by atoms with Crippen LogP contribution in [0.1, 0.15) is 30.0 Å². The number of ether oxygens (including phenoxy) is 1. The van der Waals surface area contributed by atoms with Crippen molar-refractivity contribution in [3.05, 3.63) is 27.6 Å². The standard InChI is InChI=1S/C12H18N4O4/c1-3-20-12(17)11-6-10-8-14(4-5-16(18)19)9(2)7-15(10)13-11/h6,9H,3-5,7-8H2,1-2H3. The van der Waals surface area contributed by atoms with E-state index in [-0.39, 0.29) is 17.5 Å². The zero-order chi connectivity index (χ0) is 14.7. The number of hydrogen-bond donors (Lipinski definition) is 0. The number of carbonyl (C=O) groups is 1. The van der Waals surface area contributed by atoms with Gasteiger partial charge in [0.05, 0.1) is 25.4 Å². The molecule has 20 heavy (non-hydrogen) atoms. The van der Waals surface area contributed by atoms with Crippen molar-refractivity contribution < 1.29 is 14.5 Å². The monoisotopic (exact) mass is 282 g/mol. The molecule has 1 aliphatic heterocycles. The lowest BCUT2D eigenvalue weighted by atomic mass is 10.2. The third-order valence-electron chi connectivity index (χ3n) is 3.34. The van der Waals surface area contributed by atoms with Crippen molar-refractivity contribution in [1.82, 2.24) is 14.7 Å². The molecule has 0 fully saturated rings. The van der Waals surface area contributed by atoms with Crippen molar-refractivity contribution in [1.29, 1.82) is 0 Å². The van der Waals surface area contributed by atoms with Crippen molar-refractivity contribution >= 4 is 5.97 Å². The smallest absolute Gasteiger partial charge is 0.358 e. The molecule has 1 atom stereocenters. The Bertz CT molecular complexity index is 514. The molecule has 0 spiro atoms. The summed E-state index contributed by atoms with van der Waals surface area (Å²) < 4.78 is 6.70. The van der Waals surface area contributed by atoms with Crippen LogP contribution in [0.15, 0.2) is 6.07 Å². The number of esters is 1. The number of fused-ring (bicyclic) bond motifs is 1. The first-order chi connectivity index (χ1) is 9.51. The van der Waals surface area contributed by atoms with Gasteiger partial charge in [0.1, 0.15) is 0 Å². The van der Waals surface area contributed by atoms with Gasteiger partial charge < -0.3 is 4.74 Å². The van der Waals surface area contributed by atoms with E-state index in [1.165, 1.54) is 0 Å². The lowest BCUT2D eigenvalue weighted by Crippen LogP contribution is -2.43. The van der Waals surface area contributed by atoms with E-state index in [1.54, 1.807) is 17.7 Å². The maximum Gasteiger partial charge on any atom is 0.358 e. The molecular weight excluding hydrogens is 264 g/mol. The second kappa shape index (κ2) is 6.00. The van der Waals surface area contributed by atoms with Gasteiger partial charge in [0.15, 0.2) is 5.69 Å². The van der Waals surface area contributed by atoms with Crippen LogP contribution in [0.3, 0.4) is 0 Å². The van der Waals surface area contributed by atoms with Gasteiger partial charge in [-0.2, -0.15) is 5.10 Å². The van der Waals surface area contributed by atoms with E-state index in [9.17, 15) is 14.9 Å². The molecule has 0 saturated carbocycles. The lowest BCUT2D eigenvalue weighted by molar-refractivity contribution is -0.480. The van der Waals surface area contributed by atoms with Crippen molar-refractivity contribution in [2.45, 2.75) is 33.0 Å². The summed E-state index contributed by atoms with van der Waals surface area (Å²) in [6.45, 7) is 5.54. The number of hydrogen-bond acceptors (Lipinski definition) is 6. The van der Waals surface area contributed by atoms with E-state index in [4.69, 9.17) is 4.74 Å². The van der Waals surface area contributed by atoms with Crippen molar-refractivity contribution in [3.63, 3.8) is 0 Å². The molecule has 0 radical (unpaired) electrons. The summed E-state index contributed by atoms with van der Waals surface area (Å²) in [4.78, 5) is 23.8. The Labute approximate surface area is 116 Å². The molecule has 8 nitrogen and oxygen atoms in total. The third-order valence-corrected chi connectivity index (χ3v) is 3.34. The molecule has 8 heteroatoms. The summed E-state index contributed by atoms with van der Waals surface area (Å²) in [6, 6.07) is 1.85. The Morgan fingerprint density at radius 2 is 2.40 bits per heavy atom. The molecule has 0 bridgehead atoms. The third kappa shape index (κ3) is 3.13. The van der Waals surface area contributed by atoms with Gasteiger partial charge in [-0.3, -0.25) is 19.7 Å². The number of nitrogens with zero attached hydrogens (tertiary/aromatic N) is 4. The predicted octanol–water partition coefficient (Wildman–Crippen LogP) is 0.541. The van der Waals surface area contributed by atoms with Crippen molar-refractivity contribution in [2.24, 2.45) is 0 Å². The van der Waals surface area contributed by atoms with Crippen molar-refractivity contribution in [2.75, 3.05) is 19.7 Å². The highest BCUT2D eigenvalue weighted by Crippen LogP contribution is 2.18. The molecule has 1 unspecified atom stereocenters. The Hall–Kier alpha value is -1.96. The molecule has 0 N–H and O–H groups in total. The van der Waals surface area contributed by atoms with Gasteiger partial charge in [-0.05, 0) is 19.9 Å². The SMILES string of the molecule is CCOC(=O)c1cc2n(n1)CC(C)N(CC[N+](=O)[O-])C2. The normalized spacial score (nSPS) is 18.6. The van der Waals surface area contributed by atoms with Crippen LogP contribution in [0, 0.1) is 10.1 Å². The van der Waals surface area contributed by atoms with Gasteiger partial charge in [0, 0.05) is 17.5 Å². The minimum absolute atomic E-state index is 0.0801. The van der Waals surface area contributed by atoms with Gasteiger partial charge in [-0.1, -0.05) is 0 Å². The lowest BCUT2D eigenvalue weighted by Gasteiger charge is -2.32. The van der Waals surface area contributed by atoms with Crippen LogP contribution in [0.25, 0.3) is 0 Å². The summed E-state index contributed by atoms with van der Waals surface area (Å²) in [5, 5.41) is 14.7. The minimum atomic E-state index is -0.432. The summed E-state index contributed by atoms with van der Waals surface area (Å²) in [7, 11) is 0.